The van der Waals surface area contributed by atoms with E-state index in [0.717, 1.165) is 6.42 Å². The largest absolute Gasteiger partial charge is 0.295 e. The van der Waals surface area contributed by atoms with Gasteiger partial charge in [-0.25, -0.2) is 0 Å². The lowest BCUT2D eigenvalue weighted by atomic mass is 9.91. The van der Waals surface area contributed by atoms with Crippen LogP contribution in [-0.4, -0.2) is 5.78 Å². The van der Waals surface area contributed by atoms with Crippen LogP contribution in [-0.2, 0) is 4.79 Å². The van der Waals surface area contributed by atoms with Crippen molar-refractivity contribution in [1.29, 1.82) is 0 Å². The Kier molecular flexibility index (Phi) is 3.51. The molecule has 1 rings (SSSR count). The first kappa shape index (κ1) is 9.50. The summed E-state index contributed by atoms with van der Waals surface area (Å²) in [4.78, 5) is 11.3. The van der Waals surface area contributed by atoms with Gasteiger partial charge in [0.2, 0.25) is 0 Å². The highest BCUT2D eigenvalue weighted by Gasteiger charge is 2.25. The zero-order valence-corrected chi connectivity index (χ0v) is 8.05. The van der Waals surface area contributed by atoms with E-state index in [2.05, 4.69) is 13.8 Å². The molecule has 1 nitrogen and oxygen atoms in total. The molecule has 0 fully saturated rings. The van der Waals surface area contributed by atoms with Gasteiger partial charge in [0.05, 0.1) is 0 Å². The van der Waals surface area contributed by atoms with Gasteiger partial charge in [-0.3, -0.25) is 4.79 Å². The van der Waals surface area contributed by atoms with Gasteiger partial charge in [-0.15, -0.1) is 0 Å². The first-order chi connectivity index (χ1) is 5.75. The summed E-state index contributed by atoms with van der Waals surface area (Å²) in [5, 5.41) is 0. The molecule has 0 aromatic rings. The van der Waals surface area contributed by atoms with Crippen LogP contribution in [0.15, 0.2) is 12.2 Å². The van der Waals surface area contributed by atoms with E-state index in [1.807, 2.05) is 6.08 Å². The minimum absolute atomic E-state index is 0.302. The highest BCUT2D eigenvalue weighted by molar-refractivity contribution is 5.94. The van der Waals surface area contributed by atoms with E-state index in [4.69, 9.17) is 0 Å². The van der Waals surface area contributed by atoms with E-state index >= 15 is 0 Å². The van der Waals surface area contributed by atoms with Gasteiger partial charge in [0.15, 0.2) is 5.78 Å². The van der Waals surface area contributed by atoms with Crippen molar-refractivity contribution in [3.63, 3.8) is 0 Å². The van der Waals surface area contributed by atoms with Crippen LogP contribution >= 0.6 is 0 Å². The van der Waals surface area contributed by atoms with Crippen molar-refractivity contribution < 1.29 is 4.79 Å². The molecule has 0 aliphatic heterocycles. The highest BCUT2D eigenvalue weighted by Crippen LogP contribution is 2.26. The van der Waals surface area contributed by atoms with Crippen LogP contribution in [0, 0.1) is 11.8 Å². The molecule has 0 N–H and O–H groups in total. The summed E-state index contributed by atoms with van der Waals surface area (Å²) >= 11 is 0. The molecular formula is C11H18O. The monoisotopic (exact) mass is 166 g/mol. The zero-order valence-electron chi connectivity index (χ0n) is 8.05. The highest BCUT2D eigenvalue weighted by atomic mass is 16.1. The molecule has 0 aromatic heterocycles. The SMILES string of the molecule is CCCCC[C@@H]1C(=O)C=C[C@H]1C. The topological polar surface area (TPSA) is 17.1 Å². The van der Waals surface area contributed by atoms with E-state index in [9.17, 15) is 4.79 Å². The van der Waals surface area contributed by atoms with Crippen LogP contribution in [0.3, 0.4) is 0 Å². The Hall–Kier alpha value is -0.590. The van der Waals surface area contributed by atoms with Crippen LogP contribution in [0.25, 0.3) is 0 Å². The minimum atomic E-state index is 0.302. The Morgan fingerprint density at radius 3 is 2.67 bits per heavy atom. The molecule has 0 radical (unpaired) electrons. The van der Waals surface area contributed by atoms with Crippen molar-refractivity contribution in [1.82, 2.24) is 0 Å². The molecule has 0 saturated heterocycles. The lowest BCUT2D eigenvalue weighted by molar-refractivity contribution is -0.118. The fourth-order valence-electron chi connectivity index (χ4n) is 1.78. The molecule has 0 saturated carbocycles. The molecule has 0 aromatic carbocycles. The summed E-state index contributed by atoms with van der Waals surface area (Å²) in [6.07, 6.45) is 8.58. The molecule has 2 atom stereocenters. The number of carbonyl (C=O) groups is 1. The number of rotatable bonds is 4. The number of unbranched alkanes of at least 4 members (excludes halogenated alkanes) is 2. The van der Waals surface area contributed by atoms with Gasteiger partial charge >= 0.3 is 0 Å². The molecule has 0 bridgehead atoms. The van der Waals surface area contributed by atoms with Crippen LogP contribution in [0.5, 0.6) is 0 Å². The van der Waals surface area contributed by atoms with Crippen LogP contribution in [0.2, 0.25) is 0 Å². The summed E-state index contributed by atoms with van der Waals surface area (Å²) in [6.45, 7) is 4.33. The van der Waals surface area contributed by atoms with Crippen molar-refractivity contribution in [2.24, 2.45) is 11.8 Å². The number of carbonyl (C=O) groups excluding carboxylic acids is 1. The average molecular weight is 166 g/mol. The van der Waals surface area contributed by atoms with E-state index in [1.54, 1.807) is 6.08 Å². The summed E-state index contributed by atoms with van der Waals surface area (Å²) in [5.74, 6) is 1.13. The normalized spacial score (nSPS) is 28.3. The lowest BCUT2D eigenvalue weighted by Gasteiger charge is -2.12. The van der Waals surface area contributed by atoms with Crippen LogP contribution in [0.4, 0.5) is 0 Å². The first-order valence-electron chi connectivity index (χ1n) is 4.97. The fourth-order valence-corrected chi connectivity index (χ4v) is 1.78. The average Bonchev–Trinajstić information content (AvgIpc) is 2.35. The van der Waals surface area contributed by atoms with E-state index in [-0.39, 0.29) is 0 Å². The van der Waals surface area contributed by atoms with Gasteiger partial charge in [0.25, 0.3) is 0 Å². The zero-order chi connectivity index (χ0) is 8.97. The van der Waals surface area contributed by atoms with Crippen molar-refractivity contribution in [3.05, 3.63) is 12.2 Å². The van der Waals surface area contributed by atoms with Crippen LogP contribution < -0.4 is 0 Å². The molecule has 1 heteroatoms. The lowest BCUT2D eigenvalue weighted by Crippen LogP contribution is -2.13. The van der Waals surface area contributed by atoms with E-state index in [1.165, 1.54) is 19.3 Å². The number of allylic oxidation sites excluding steroid dienone is 2. The maximum absolute atomic E-state index is 11.3. The molecule has 68 valence electrons. The van der Waals surface area contributed by atoms with Crippen molar-refractivity contribution in [2.75, 3.05) is 0 Å². The first-order valence-corrected chi connectivity index (χ1v) is 4.97. The Morgan fingerprint density at radius 2 is 2.17 bits per heavy atom. The van der Waals surface area contributed by atoms with Gasteiger partial charge in [0.1, 0.15) is 0 Å². The van der Waals surface area contributed by atoms with Crippen molar-refractivity contribution >= 4 is 5.78 Å². The number of hydrogen-bond acceptors (Lipinski definition) is 1. The minimum Gasteiger partial charge on any atom is -0.295 e. The fraction of sp³-hybridized carbons (Fsp3) is 0.727. The number of hydrogen-bond donors (Lipinski definition) is 0. The Bertz CT molecular complexity index is 181. The third kappa shape index (κ3) is 2.20. The Labute approximate surface area is 74.9 Å². The molecule has 0 unspecified atom stereocenters. The quantitative estimate of drug-likeness (QED) is 0.587. The summed E-state index contributed by atoms with van der Waals surface area (Å²) in [6, 6.07) is 0. The van der Waals surface area contributed by atoms with Crippen LogP contribution in [0.1, 0.15) is 39.5 Å². The molecule has 0 spiro atoms. The third-order valence-corrected chi connectivity index (χ3v) is 2.68. The van der Waals surface area contributed by atoms with E-state index in [0.29, 0.717) is 17.6 Å². The summed E-state index contributed by atoms with van der Waals surface area (Å²) in [7, 11) is 0. The summed E-state index contributed by atoms with van der Waals surface area (Å²) < 4.78 is 0. The molecule has 1 aliphatic rings. The van der Waals surface area contributed by atoms with Crippen molar-refractivity contribution in [3.8, 4) is 0 Å². The third-order valence-electron chi connectivity index (χ3n) is 2.68. The Morgan fingerprint density at radius 1 is 1.42 bits per heavy atom. The predicted molar refractivity (Wildman–Crippen MR) is 50.9 cm³/mol. The van der Waals surface area contributed by atoms with Gasteiger partial charge in [-0.2, -0.15) is 0 Å². The second-order valence-electron chi connectivity index (χ2n) is 3.72. The molecule has 1 aliphatic carbocycles. The molecule has 12 heavy (non-hydrogen) atoms. The standard InChI is InChI=1S/C11H18O/c1-3-4-5-6-10-9(2)7-8-11(10)12/h7-10H,3-6H2,1-2H3/t9-,10+/m1/s1. The van der Waals surface area contributed by atoms with E-state index < -0.39 is 0 Å². The van der Waals surface area contributed by atoms with Gasteiger partial charge < -0.3 is 0 Å². The summed E-state index contributed by atoms with van der Waals surface area (Å²) in [5.41, 5.74) is 0. The molecular weight excluding hydrogens is 148 g/mol. The maximum atomic E-state index is 11.3. The predicted octanol–water partition coefficient (Wildman–Crippen LogP) is 2.96. The van der Waals surface area contributed by atoms with Crippen molar-refractivity contribution in [2.45, 2.75) is 39.5 Å². The second kappa shape index (κ2) is 4.44. The second-order valence-corrected chi connectivity index (χ2v) is 3.72. The van der Waals surface area contributed by atoms with Gasteiger partial charge in [-0.05, 0) is 18.4 Å². The number of ketones is 1. The van der Waals surface area contributed by atoms with Gasteiger partial charge in [0, 0.05) is 5.92 Å². The smallest absolute Gasteiger partial charge is 0.159 e. The maximum Gasteiger partial charge on any atom is 0.159 e. The molecule has 0 heterocycles. The molecule has 0 amide bonds. The van der Waals surface area contributed by atoms with Gasteiger partial charge in [-0.1, -0.05) is 39.2 Å². The Balaban J connectivity index is 2.28.